The fourth-order valence-electron chi connectivity index (χ4n) is 1.75. The average molecular weight is 304 g/mol. The van der Waals surface area contributed by atoms with E-state index in [2.05, 4.69) is 24.1 Å². The zero-order valence-corrected chi connectivity index (χ0v) is 12.8. The zero-order valence-electron chi connectivity index (χ0n) is 12.8. The molecule has 0 saturated carbocycles. The lowest BCUT2D eigenvalue weighted by atomic mass is 10.2. The van der Waals surface area contributed by atoms with Crippen LogP contribution < -0.4 is 10.1 Å². The van der Waals surface area contributed by atoms with Crippen LogP contribution in [0.15, 0.2) is 12.1 Å². The third-order valence-electron chi connectivity index (χ3n) is 2.79. The minimum absolute atomic E-state index is 0.264. The van der Waals surface area contributed by atoms with Gasteiger partial charge in [0, 0.05) is 18.3 Å². The summed E-state index contributed by atoms with van der Waals surface area (Å²) in [6, 6.07) is 3.65. The molecule has 1 N–H and O–H groups in total. The molecule has 1 aromatic rings. The molecule has 0 fully saturated rings. The number of nitrogens with zero attached hydrogens (tertiary/aromatic N) is 1. The third-order valence-corrected chi connectivity index (χ3v) is 2.79. The van der Waals surface area contributed by atoms with Crippen LogP contribution >= 0.6 is 0 Å². The molecule has 1 aromatic heterocycles. The summed E-state index contributed by atoms with van der Waals surface area (Å²) in [5, 5.41) is 3.30. The van der Waals surface area contributed by atoms with E-state index in [-0.39, 0.29) is 5.88 Å². The van der Waals surface area contributed by atoms with Crippen LogP contribution in [0.1, 0.15) is 38.4 Å². The van der Waals surface area contributed by atoms with E-state index in [0.29, 0.717) is 18.9 Å². The van der Waals surface area contributed by atoms with Gasteiger partial charge in [-0.2, -0.15) is 13.2 Å². The average Bonchev–Trinajstić information content (AvgIpc) is 2.36. The maximum Gasteiger partial charge on any atom is 0.392 e. The molecule has 3 nitrogen and oxygen atoms in total. The van der Waals surface area contributed by atoms with Crippen molar-refractivity contribution in [1.82, 2.24) is 10.3 Å². The zero-order chi connectivity index (χ0) is 15.9. The Hall–Kier alpha value is -1.30. The van der Waals surface area contributed by atoms with Gasteiger partial charge in [0.1, 0.15) is 0 Å². The van der Waals surface area contributed by atoms with Crippen molar-refractivity contribution in [3.63, 3.8) is 0 Å². The molecule has 0 spiro atoms. The quantitative estimate of drug-likeness (QED) is 0.795. The summed E-state index contributed by atoms with van der Waals surface area (Å²) in [6.07, 6.45) is -4.45. The highest BCUT2D eigenvalue weighted by atomic mass is 19.4. The van der Waals surface area contributed by atoms with Crippen LogP contribution in [-0.4, -0.2) is 24.3 Å². The summed E-state index contributed by atoms with van der Waals surface area (Å²) in [7, 11) is 0. The number of rotatable bonds is 8. The van der Waals surface area contributed by atoms with Crippen LogP contribution in [0, 0.1) is 5.92 Å². The molecule has 0 unspecified atom stereocenters. The van der Waals surface area contributed by atoms with E-state index < -0.39 is 19.2 Å². The Kier molecular flexibility index (Phi) is 6.95. The van der Waals surface area contributed by atoms with Crippen LogP contribution in [0.4, 0.5) is 13.2 Å². The van der Waals surface area contributed by atoms with Gasteiger partial charge in [0.15, 0.2) is 0 Å². The number of hydrogen-bond acceptors (Lipinski definition) is 3. The van der Waals surface area contributed by atoms with Gasteiger partial charge >= 0.3 is 6.18 Å². The van der Waals surface area contributed by atoms with Crippen molar-refractivity contribution in [2.24, 2.45) is 5.92 Å². The molecule has 0 aliphatic rings. The van der Waals surface area contributed by atoms with Crippen molar-refractivity contribution in [3.05, 3.63) is 23.4 Å². The SMILES string of the molecule is CCc1cc(CNCC(C)C)cc(OCCC(F)(F)F)n1. The fourth-order valence-corrected chi connectivity index (χ4v) is 1.75. The number of alkyl halides is 3. The lowest BCUT2D eigenvalue weighted by Gasteiger charge is -2.12. The van der Waals surface area contributed by atoms with Gasteiger partial charge in [-0.15, -0.1) is 0 Å². The van der Waals surface area contributed by atoms with E-state index in [1.54, 1.807) is 6.07 Å². The van der Waals surface area contributed by atoms with Gasteiger partial charge < -0.3 is 10.1 Å². The number of aryl methyl sites for hydroxylation is 1. The Morgan fingerprint density at radius 3 is 2.57 bits per heavy atom. The van der Waals surface area contributed by atoms with E-state index in [1.165, 1.54) is 0 Å². The lowest BCUT2D eigenvalue weighted by Crippen LogP contribution is -2.19. The van der Waals surface area contributed by atoms with Crippen molar-refractivity contribution >= 4 is 0 Å². The number of ether oxygens (including phenoxy) is 1. The van der Waals surface area contributed by atoms with Crippen molar-refractivity contribution < 1.29 is 17.9 Å². The van der Waals surface area contributed by atoms with Crippen molar-refractivity contribution in [3.8, 4) is 5.88 Å². The topological polar surface area (TPSA) is 34.1 Å². The molecule has 0 aliphatic heterocycles. The first-order valence-corrected chi connectivity index (χ1v) is 7.20. The molecule has 0 amide bonds. The van der Waals surface area contributed by atoms with Crippen LogP contribution in [-0.2, 0) is 13.0 Å². The second-order valence-corrected chi connectivity index (χ2v) is 5.40. The van der Waals surface area contributed by atoms with Gasteiger partial charge in [-0.3, -0.25) is 0 Å². The molecule has 1 rings (SSSR count). The molecule has 0 saturated heterocycles. The summed E-state index contributed by atoms with van der Waals surface area (Å²) in [6.45, 7) is 7.32. The molecule has 1 heterocycles. The minimum Gasteiger partial charge on any atom is -0.477 e. The minimum atomic E-state index is -4.20. The van der Waals surface area contributed by atoms with Gasteiger partial charge in [-0.05, 0) is 30.5 Å². The van der Waals surface area contributed by atoms with E-state index in [9.17, 15) is 13.2 Å². The molecule has 0 aliphatic carbocycles. The summed E-state index contributed by atoms with van der Waals surface area (Å²) in [4.78, 5) is 4.20. The molecule has 0 radical (unpaired) electrons. The predicted octanol–water partition coefficient (Wildman–Crippen LogP) is 3.72. The highest BCUT2D eigenvalue weighted by molar-refractivity contribution is 5.25. The maximum atomic E-state index is 12.1. The van der Waals surface area contributed by atoms with Crippen molar-refractivity contribution in [1.29, 1.82) is 0 Å². The first kappa shape index (κ1) is 17.8. The molecule has 0 aromatic carbocycles. The smallest absolute Gasteiger partial charge is 0.392 e. The number of pyridine rings is 1. The highest BCUT2D eigenvalue weighted by Gasteiger charge is 2.26. The summed E-state index contributed by atoms with van der Waals surface area (Å²) >= 11 is 0. The molecule has 21 heavy (non-hydrogen) atoms. The Morgan fingerprint density at radius 2 is 2.00 bits per heavy atom. The number of aromatic nitrogens is 1. The Morgan fingerprint density at radius 1 is 1.29 bits per heavy atom. The van der Waals surface area contributed by atoms with E-state index >= 15 is 0 Å². The van der Waals surface area contributed by atoms with Gasteiger partial charge in [0.2, 0.25) is 5.88 Å². The molecular formula is C15H23F3N2O. The first-order chi connectivity index (χ1) is 9.80. The van der Waals surface area contributed by atoms with Gasteiger partial charge in [0.05, 0.1) is 13.0 Å². The number of hydrogen-bond donors (Lipinski definition) is 1. The normalized spacial score (nSPS) is 12.0. The summed E-state index contributed by atoms with van der Waals surface area (Å²) < 4.78 is 41.5. The largest absolute Gasteiger partial charge is 0.477 e. The molecule has 0 atom stereocenters. The van der Waals surface area contributed by atoms with E-state index in [4.69, 9.17) is 4.74 Å². The Bertz CT molecular complexity index is 433. The van der Waals surface area contributed by atoms with Crippen molar-refractivity contribution in [2.45, 2.75) is 46.3 Å². The monoisotopic (exact) mass is 304 g/mol. The van der Waals surface area contributed by atoms with Gasteiger partial charge in [0.25, 0.3) is 0 Å². The van der Waals surface area contributed by atoms with Gasteiger partial charge in [-0.25, -0.2) is 4.98 Å². The van der Waals surface area contributed by atoms with Crippen LogP contribution in [0.5, 0.6) is 5.88 Å². The third kappa shape index (κ3) is 7.90. The standard InChI is InChI=1S/C15H23F3N2O/c1-4-13-7-12(10-19-9-11(2)3)8-14(20-13)21-6-5-15(16,17)18/h7-8,11,19H,4-6,9-10H2,1-3H3. The fraction of sp³-hybridized carbons (Fsp3) is 0.667. The Labute approximate surface area is 123 Å². The molecule has 120 valence electrons. The van der Waals surface area contributed by atoms with Crippen LogP contribution in [0.2, 0.25) is 0 Å². The van der Waals surface area contributed by atoms with E-state index in [0.717, 1.165) is 17.8 Å². The van der Waals surface area contributed by atoms with Crippen LogP contribution in [0.3, 0.4) is 0 Å². The Balaban J connectivity index is 2.62. The van der Waals surface area contributed by atoms with Crippen LogP contribution in [0.25, 0.3) is 0 Å². The molecule has 6 heteroatoms. The van der Waals surface area contributed by atoms with E-state index in [1.807, 2.05) is 13.0 Å². The predicted molar refractivity (Wildman–Crippen MR) is 76.3 cm³/mol. The molecule has 0 bridgehead atoms. The lowest BCUT2D eigenvalue weighted by molar-refractivity contribution is -0.139. The maximum absolute atomic E-state index is 12.1. The first-order valence-electron chi connectivity index (χ1n) is 7.20. The second kappa shape index (κ2) is 8.22. The molecular weight excluding hydrogens is 281 g/mol. The van der Waals surface area contributed by atoms with Gasteiger partial charge in [-0.1, -0.05) is 20.8 Å². The van der Waals surface area contributed by atoms with Crippen molar-refractivity contribution in [2.75, 3.05) is 13.2 Å². The summed E-state index contributed by atoms with van der Waals surface area (Å²) in [5.74, 6) is 0.805. The summed E-state index contributed by atoms with van der Waals surface area (Å²) in [5.41, 5.74) is 1.80. The second-order valence-electron chi connectivity index (χ2n) is 5.40. The number of nitrogens with one attached hydrogen (secondary N) is 1. The highest BCUT2D eigenvalue weighted by Crippen LogP contribution is 2.20. The number of halogens is 3.